The monoisotopic (exact) mass is 372 g/mol. The molecule has 1 aliphatic rings. The summed E-state index contributed by atoms with van der Waals surface area (Å²) in [5, 5.41) is 8.55. The number of hydrogen-bond donors (Lipinski definition) is 0. The van der Waals surface area contributed by atoms with Gasteiger partial charge in [-0.3, -0.25) is 4.79 Å². The van der Waals surface area contributed by atoms with Gasteiger partial charge in [0, 0.05) is 31.8 Å². The maximum Gasteiger partial charge on any atom is 0.254 e. The Morgan fingerprint density at radius 1 is 1.00 bits per heavy atom. The van der Waals surface area contributed by atoms with E-state index in [1.807, 2.05) is 78.5 Å². The molecule has 5 heteroatoms. The fourth-order valence-corrected chi connectivity index (χ4v) is 3.73. The number of nitrogens with zero attached hydrogens (tertiary/aromatic N) is 4. The van der Waals surface area contributed by atoms with Crippen molar-refractivity contribution in [1.29, 1.82) is 0 Å². The smallest absolute Gasteiger partial charge is 0.254 e. The van der Waals surface area contributed by atoms with Crippen molar-refractivity contribution in [3.63, 3.8) is 0 Å². The largest absolute Gasteiger partial charge is 0.361 e. The van der Waals surface area contributed by atoms with Crippen molar-refractivity contribution in [3.05, 3.63) is 77.9 Å². The predicted molar refractivity (Wildman–Crippen MR) is 111 cm³/mol. The van der Waals surface area contributed by atoms with Gasteiger partial charge in [-0.25, -0.2) is 0 Å². The van der Waals surface area contributed by atoms with Crippen molar-refractivity contribution in [2.45, 2.75) is 18.9 Å². The molecule has 3 aromatic rings. The Hall–Kier alpha value is -3.21. The summed E-state index contributed by atoms with van der Waals surface area (Å²) in [6, 6.07) is 22.0. The molecule has 4 rings (SSSR count). The second-order valence-electron chi connectivity index (χ2n) is 7.32. The lowest BCUT2D eigenvalue weighted by Crippen LogP contribution is -2.30. The van der Waals surface area contributed by atoms with Gasteiger partial charge in [-0.05, 0) is 42.7 Å². The highest BCUT2D eigenvalue weighted by atomic mass is 16.2. The first kappa shape index (κ1) is 18.2. The van der Waals surface area contributed by atoms with Crippen LogP contribution in [0.4, 0.5) is 5.82 Å². The summed E-state index contributed by atoms with van der Waals surface area (Å²) in [7, 11) is 3.87. The zero-order valence-electron chi connectivity index (χ0n) is 16.2. The first-order valence-electron chi connectivity index (χ1n) is 9.61. The molecule has 1 fully saturated rings. The van der Waals surface area contributed by atoms with E-state index in [0.29, 0.717) is 5.56 Å². The van der Waals surface area contributed by atoms with Crippen LogP contribution in [0.5, 0.6) is 0 Å². The zero-order valence-corrected chi connectivity index (χ0v) is 16.2. The van der Waals surface area contributed by atoms with Crippen LogP contribution in [0.25, 0.3) is 11.3 Å². The number of carbonyl (C=O) groups is 1. The van der Waals surface area contributed by atoms with Gasteiger partial charge in [0.1, 0.15) is 0 Å². The van der Waals surface area contributed by atoms with Crippen LogP contribution >= 0.6 is 0 Å². The third-order valence-electron chi connectivity index (χ3n) is 5.21. The molecule has 1 unspecified atom stereocenters. The van der Waals surface area contributed by atoms with E-state index < -0.39 is 0 Å². The maximum absolute atomic E-state index is 13.2. The topological polar surface area (TPSA) is 49.3 Å². The van der Waals surface area contributed by atoms with Crippen molar-refractivity contribution >= 4 is 11.7 Å². The Morgan fingerprint density at radius 3 is 2.54 bits per heavy atom. The molecule has 1 amide bonds. The lowest BCUT2D eigenvalue weighted by Gasteiger charge is -2.25. The summed E-state index contributed by atoms with van der Waals surface area (Å²) in [6.07, 6.45) is 2.04. The summed E-state index contributed by atoms with van der Waals surface area (Å²) in [4.78, 5) is 17.1. The van der Waals surface area contributed by atoms with Gasteiger partial charge in [-0.15, -0.1) is 10.2 Å². The third kappa shape index (κ3) is 3.60. The number of rotatable bonds is 4. The summed E-state index contributed by atoms with van der Waals surface area (Å²) in [5.41, 5.74) is 3.56. The normalized spacial score (nSPS) is 16.2. The average Bonchev–Trinajstić information content (AvgIpc) is 3.24. The average molecular weight is 372 g/mol. The van der Waals surface area contributed by atoms with Crippen LogP contribution in [0.3, 0.4) is 0 Å². The molecule has 28 heavy (non-hydrogen) atoms. The minimum absolute atomic E-state index is 0.0751. The van der Waals surface area contributed by atoms with E-state index >= 15 is 0 Å². The summed E-state index contributed by atoms with van der Waals surface area (Å²) >= 11 is 0. The molecule has 2 heterocycles. The molecule has 0 spiro atoms. The quantitative estimate of drug-likeness (QED) is 0.689. The van der Waals surface area contributed by atoms with E-state index in [9.17, 15) is 4.79 Å². The number of likely N-dealkylation sites (tertiary alicyclic amines) is 1. The second kappa shape index (κ2) is 7.80. The van der Waals surface area contributed by atoms with E-state index in [0.717, 1.165) is 36.5 Å². The second-order valence-corrected chi connectivity index (χ2v) is 7.32. The molecule has 1 saturated heterocycles. The van der Waals surface area contributed by atoms with E-state index in [-0.39, 0.29) is 11.9 Å². The molecule has 0 N–H and O–H groups in total. The molecular formula is C23H24N4O. The van der Waals surface area contributed by atoms with Crippen LogP contribution in [-0.4, -0.2) is 41.6 Å². The lowest BCUT2D eigenvalue weighted by atomic mass is 10.0. The van der Waals surface area contributed by atoms with Gasteiger partial charge < -0.3 is 9.80 Å². The predicted octanol–water partition coefficient (Wildman–Crippen LogP) is 4.19. The third-order valence-corrected chi connectivity index (χ3v) is 5.21. The van der Waals surface area contributed by atoms with Crippen LogP contribution < -0.4 is 4.90 Å². The van der Waals surface area contributed by atoms with Gasteiger partial charge in [0.15, 0.2) is 5.82 Å². The highest BCUT2D eigenvalue weighted by Crippen LogP contribution is 2.33. The first-order valence-corrected chi connectivity index (χ1v) is 9.61. The number of benzene rings is 2. The Bertz CT molecular complexity index is 954. The lowest BCUT2D eigenvalue weighted by molar-refractivity contribution is 0.0735. The molecule has 0 bridgehead atoms. The number of anilines is 1. The number of hydrogen-bond acceptors (Lipinski definition) is 4. The molecule has 1 aliphatic heterocycles. The molecule has 1 aromatic heterocycles. The van der Waals surface area contributed by atoms with Gasteiger partial charge in [-0.2, -0.15) is 0 Å². The molecule has 0 radical (unpaired) electrons. The summed E-state index contributed by atoms with van der Waals surface area (Å²) < 4.78 is 0. The molecule has 1 atom stereocenters. The minimum atomic E-state index is 0.0751. The Labute approximate surface area is 165 Å². The van der Waals surface area contributed by atoms with Crippen molar-refractivity contribution < 1.29 is 4.79 Å². The molecule has 142 valence electrons. The van der Waals surface area contributed by atoms with Gasteiger partial charge in [-0.1, -0.05) is 42.5 Å². The van der Waals surface area contributed by atoms with Crippen LogP contribution in [-0.2, 0) is 0 Å². The van der Waals surface area contributed by atoms with Crippen LogP contribution in [0.2, 0.25) is 0 Å². The maximum atomic E-state index is 13.2. The SMILES string of the molecule is CN(C)c1ccc(-c2cccc(C(=O)N3CCCC3c3ccccc3)c2)nn1. The number of carbonyl (C=O) groups excluding carboxylic acids is 1. The summed E-state index contributed by atoms with van der Waals surface area (Å²) in [5.74, 6) is 0.879. The van der Waals surface area contributed by atoms with E-state index in [2.05, 4.69) is 22.3 Å². The van der Waals surface area contributed by atoms with Gasteiger partial charge in [0.25, 0.3) is 5.91 Å². The molecular weight excluding hydrogens is 348 g/mol. The van der Waals surface area contributed by atoms with Crippen molar-refractivity contribution in [2.24, 2.45) is 0 Å². The Kier molecular flexibility index (Phi) is 5.06. The van der Waals surface area contributed by atoms with E-state index in [1.54, 1.807) is 0 Å². The van der Waals surface area contributed by atoms with Crippen LogP contribution in [0, 0.1) is 0 Å². The Balaban J connectivity index is 1.59. The first-order chi connectivity index (χ1) is 13.6. The van der Waals surface area contributed by atoms with Gasteiger partial charge >= 0.3 is 0 Å². The zero-order chi connectivity index (χ0) is 19.5. The minimum Gasteiger partial charge on any atom is -0.361 e. The highest BCUT2D eigenvalue weighted by molar-refractivity contribution is 5.95. The van der Waals surface area contributed by atoms with Gasteiger partial charge in [0.05, 0.1) is 11.7 Å². The summed E-state index contributed by atoms with van der Waals surface area (Å²) in [6.45, 7) is 0.792. The molecule has 2 aromatic carbocycles. The van der Waals surface area contributed by atoms with Crippen molar-refractivity contribution in [1.82, 2.24) is 15.1 Å². The number of amides is 1. The fourth-order valence-electron chi connectivity index (χ4n) is 3.73. The molecule has 0 aliphatic carbocycles. The van der Waals surface area contributed by atoms with Crippen molar-refractivity contribution in [3.8, 4) is 11.3 Å². The van der Waals surface area contributed by atoms with E-state index in [1.165, 1.54) is 5.56 Å². The van der Waals surface area contributed by atoms with Gasteiger partial charge in [0.2, 0.25) is 0 Å². The van der Waals surface area contributed by atoms with Crippen LogP contribution in [0.1, 0.15) is 34.8 Å². The molecule has 5 nitrogen and oxygen atoms in total. The fraction of sp³-hybridized carbons (Fsp3) is 0.261. The number of aromatic nitrogens is 2. The highest BCUT2D eigenvalue weighted by Gasteiger charge is 2.30. The van der Waals surface area contributed by atoms with E-state index in [4.69, 9.17) is 0 Å². The van der Waals surface area contributed by atoms with Crippen LogP contribution in [0.15, 0.2) is 66.7 Å². The Morgan fingerprint density at radius 2 is 1.82 bits per heavy atom. The van der Waals surface area contributed by atoms with Crippen molar-refractivity contribution in [2.75, 3.05) is 25.5 Å². The standard InChI is InChI=1S/C23H24N4O/c1-26(2)22-14-13-20(24-25-22)18-10-6-11-19(16-18)23(28)27-15-7-12-21(27)17-8-4-3-5-9-17/h3-6,8-11,13-14,16,21H,7,12,15H2,1-2H3. The molecule has 0 saturated carbocycles.